The molecule has 9 heteroatoms. The van der Waals surface area contributed by atoms with Crippen LogP contribution < -0.4 is 10.7 Å². The van der Waals surface area contributed by atoms with Crippen LogP contribution in [0.5, 0.6) is 0 Å². The molecular formula is C16H15Br2N3O3S. The number of urea groups is 1. The fourth-order valence-electron chi connectivity index (χ4n) is 1.92. The van der Waals surface area contributed by atoms with Gasteiger partial charge in [-0.1, -0.05) is 37.9 Å². The molecule has 2 N–H and O–H groups in total. The molecule has 0 aliphatic heterocycles. The second kappa shape index (κ2) is 8.11. The third kappa shape index (κ3) is 5.65. The highest BCUT2D eigenvalue weighted by molar-refractivity contribution is 9.11. The Morgan fingerprint density at radius 2 is 1.72 bits per heavy atom. The highest BCUT2D eigenvalue weighted by Crippen LogP contribution is 2.22. The van der Waals surface area contributed by atoms with Crippen molar-refractivity contribution in [3.63, 3.8) is 0 Å². The van der Waals surface area contributed by atoms with E-state index in [4.69, 9.17) is 0 Å². The Hall–Kier alpha value is -1.71. The molecule has 0 aliphatic rings. The van der Waals surface area contributed by atoms with Crippen LogP contribution in [0, 0.1) is 0 Å². The molecule has 25 heavy (non-hydrogen) atoms. The number of nitrogens with zero attached hydrogens (tertiary/aromatic N) is 1. The summed E-state index contributed by atoms with van der Waals surface area (Å²) in [5.41, 5.74) is 4.34. The van der Waals surface area contributed by atoms with E-state index in [1.54, 1.807) is 6.92 Å². The average Bonchev–Trinajstić information content (AvgIpc) is 2.52. The monoisotopic (exact) mass is 487 g/mol. The Balaban J connectivity index is 2.02. The lowest BCUT2D eigenvalue weighted by Crippen LogP contribution is -2.25. The molecule has 2 rings (SSSR count). The van der Waals surface area contributed by atoms with Gasteiger partial charge in [-0.15, -0.1) is 0 Å². The van der Waals surface area contributed by atoms with E-state index in [1.807, 2.05) is 18.2 Å². The maximum Gasteiger partial charge on any atom is 0.339 e. The highest BCUT2D eigenvalue weighted by Gasteiger charge is 2.08. The molecule has 0 unspecified atom stereocenters. The molecule has 0 spiro atoms. The van der Waals surface area contributed by atoms with Gasteiger partial charge in [0.05, 0.1) is 10.6 Å². The van der Waals surface area contributed by atoms with Crippen LogP contribution in [-0.4, -0.2) is 26.4 Å². The number of carbonyl (C=O) groups excluding carboxylic acids is 1. The summed E-state index contributed by atoms with van der Waals surface area (Å²) in [5.74, 6) is 0. The van der Waals surface area contributed by atoms with E-state index in [-0.39, 0.29) is 4.90 Å². The summed E-state index contributed by atoms with van der Waals surface area (Å²) in [5, 5.41) is 6.63. The number of anilines is 1. The molecule has 2 aromatic carbocycles. The second-order valence-electron chi connectivity index (χ2n) is 5.18. The lowest BCUT2D eigenvalue weighted by Gasteiger charge is -2.07. The molecule has 2 amide bonds. The lowest BCUT2D eigenvalue weighted by atomic mass is 10.1. The molecule has 0 aromatic heterocycles. The third-order valence-electron chi connectivity index (χ3n) is 3.19. The van der Waals surface area contributed by atoms with Crippen LogP contribution in [0.15, 0.2) is 61.4 Å². The maximum atomic E-state index is 11.9. The number of sulfone groups is 1. The molecule has 132 valence electrons. The minimum atomic E-state index is -3.27. The smallest absolute Gasteiger partial charge is 0.307 e. The maximum absolute atomic E-state index is 11.9. The molecule has 0 radical (unpaired) electrons. The lowest BCUT2D eigenvalue weighted by molar-refractivity contribution is 0.252. The zero-order valence-electron chi connectivity index (χ0n) is 13.4. The predicted molar refractivity (Wildman–Crippen MR) is 106 cm³/mol. The van der Waals surface area contributed by atoms with Crippen molar-refractivity contribution in [1.29, 1.82) is 0 Å². The summed E-state index contributed by atoms with van der Waals surface area (Å²) >= 11 is 6.82. The Kier molecular flexibility index (Phi) is 6.36. The van der Waals surface area contributed by atoms with Gasteiger partial charge in [0.1, 0.15) is 0 Å². The first kappa shape index (κ1) is 19.6. The minimum absolute atomic E-state index is 0.187. The fraction of sp³-hybridized carbons (Fsp3) is 0.125. The van der Waals surface area contributed by atoms with Gasteiger partial charge in [0.2, 0.25) is 0 Å². The predicted octanol–water partition coefficient (Wildman–Crippen LogP) is 4.16. The van der Waals surface area contributed by atoms with Gasteiger partial charge >= 0.3 is 6.03 Å². The first-order valence-corrected chi connectivity index (χ1v) is 10.5. The zero-order valence-corrected chi connectivity index (χ0v) is 17.4. The van der Waals surface area contributed by atoms with Crippen LogP contribution >= 0.6 is 31.9 Å². The Morgan fingerprint density at radius 3 is 2.28 bits per heavy atom. The summed E-state index contributed by atoms with van der Waals surface area (Å²) < 4.78 is 24.6. The van der Waals surface area contributed by atoms with Crippen LogP contribution in [0.25, 0.3) is 0 Å². The molecule has 0 atom stereocenters. The van der Waals surface area contributed by atoms with E-state index in [1.165, 1.54) is 24.3 Å². The van der Waals surface area contributed by atoms with E-state index < -0.39 is 15.9 Å². The van der Waals surface area contributed by atoms with Crippen LogP contribution in [-0.2, 0) is 9.84 Å². The second-order valence-corrected chi connectivity index (χ2v) is 8.97. The zero-order chi connectivity index (χ0) is 18.6. The van der Waals surface area contributed by atoms with E-state index in [0.717, 1.165) is 20.8 Å². The summed E-state index contributed by atoms with van der Waals surface area (Å²) in [4.78, 5) is 12.1. The van der Waals surface area contributed by atoms with Crippen LogP contribution in [0.3, 0.4) is 0 Å². The van der Waals surface area contributed by atoms with Gasteiger partial charge in [-0.3, -0.25) is 0 Å². The molecule has 0 fully saturated rings. The number of hydrazone groups is 1. The van der Waals surface area contributed by atoms with E-state index in [9.17, 15) is 13.2 Å². The summed E-state index contributed by atoms with van der Waals surface area (Å²) in [6.07, 6.45) is 1.12. The average molecular weight is 489 g/mol. The Labute approximate surface area is 162 Å². The van der Waals surface area contributed by atoms with Crippen molar-refractivity contribution < 1.29 is 13.2 Å². The van der Waals surface area contributed by atoms with Gasteiger partial charge < -0.3 is 5.32 Å². The van der Waals surface area contributed by atoms with Crippen molar-refractivity contribution >= 4 is 59.1 Å². The van der Waals surface area contributed by atoms with Gasteiger partial charge in [-0.2, -0.15) is 5.10 Å². The number of benzene rings is 2. The van der Waals surface area contributed by atoms with E-state index >= 15 is 0 Å². The summed E-state index contributed by atoms with van der Waals surface area (Å²) in [6, 6.07) is 11.0. The molecule has 0 aliphatic carbocycles. The summed E-state index contributed by atoms with van der Waals surface area (Å²) in [7, 11) is -3.27. The van der Waals surface area contributed by atoms with Crippen molar-refractivity contribution in [2.45, 2.75) is 11.8 Å². The van der Waals surface area contributed by atoms with Crippen molar-refractivity contribution in [2.24, 2.45) is 5.10 Å². The highest BCUT2D eigenvalue weighted by atomic mass is 79.9. The quantitative estimate of drug-likeness (QED) is 0.500. The normalized spacial score (nSPS) is 11.9. The number of carbonyl (C=O) groups is 1. The molecular weight excluding hydrogens is 474 g/mol. The molecule has 0 saturated heterocycles. The van der Waals surface area contributed by atoms with Crippen LogP contribution in [0.4, 0.5) is 10.5 Å². The molecule has 6 nitrogen and oxygen atoms in total. The first-order valence-electron chi connectivity index (χ1n) is 7.03. The minimum Gasteiger partial charge on any atom is -0.307 e. The number of hydrogen-bond acceptors (Lipinski definition) is 4. The number of nitrogens with one attached hydrogen (secondary N) is 2. The topological polar surface area (TPSA) is 87.6 Å². The van der Waals surface area contributed by atoms with Gasteiger partial charge in [-0.05, 0) is 43.3 Å². The van der Waals surface area contributed by atoms with Crippen molar-refractivity contribution in [2.75, 3.05) is 11.6 Å². The largest absolute Gasteiger partial charge is 0.339 e. The SMILES string of the molecule is C/C(=N/NC(=O)Nc1ccc(S(C)(=O)=O)cc1)c1ccc(Br)cc1Br. The van der Waals surface area contributed by atoms with Gasteiger partial charge in [0, 0.05) is 26.5 Å². The molecule has 0 bridgehead atoms. The van der Waals surface area contributed by atoms with Crippen molar-refractivity contribution in [1.82, 2.24) is 5.43 Å². The number of hydrogen-bond donors (Lipinski definition) is 2. The van der Waals surface area contributed by atoms with Crippen molar-refractivity contribution in [3.8, 4) is 0 Å². The van der Waals surface area contributed by atoms with Crippen molar-refractivity contribution in [3.05, 3.63) is 57.0 Å². The summed E-state index contributed by atoms with van der Waals surface area (Å²) in [6.45, 7) is 1.77. The molecule has 2 aromatic rings. The third-order valence-corrected chi connectivity index (χ3v) is 5.46. The van der Waals surface area contributed by atoms with Crippen LogP contribution in [0.2, 0.25) is 0 Å². The molecule has 0 saturated carbocycles. The standard InChI is InChI=1S/C16H15Br2N3O3S/c1-10(14-8-3-11(17)9-15(14)18)20-21-16(22)19-12-4-6-13(7-5-12)25(2,23)24/h3-9H,1-2H3,(H2,19,21,22)/b20-10-. The first-order chi connectivity index (χ1) is 11.7. The molecule has 0 heterocycles. The Bertz CT molecular complexity index is 926. The number of rotatable bonds is 4. The number of halogens is 2. The van der Waals surface area contributed by atoms with Gasteiger partial charge in [-0.25, -0.2) is 18.6 Å². The van der Waals surface area contributed by atoms with Gasteiger partial charge in [0.25, 0.3) is 0 Å². The Morgan fingerprint density at radius 1 is 1.08 bits per heavy atom. The fourth-order valence-corrected chi connectivity index (χ4v) is 3.89. The number of amides is 2. The van der Waals surface area contributed by atoms with Gasteiger partial charge in [0.15, 0.2) is 9.84 Å². The van der Waals surface area contributed by atoms with Crippen LogP contribution in [0.1, 0.15) is 12.5 Å². The van der Waals surface area contributed by atoms with E-state index in [2.05, 4.69) is 47.7 Å². The van der Waals surface area contributed by atoms with E-state index in [0.29, 0.717) is 11.4 Å².